The largest absolute Gasteiger partial charge is 0.380 e. The van der Waals surface area contributed by atoms with Crippen LogP contribution in [-0.2, 0) is 19.1 Å². The molecule has 0 aliphatic heterocycles. The standard InChI is InChI=1S/C13H27N3O4/c1-3-15-12(17)4-8-20-11-7-16-13(18)5-9-19-10-6-14-2/h14H,3-11H2,1-2H3,(H,15,17)(H,16,18). The molecule has 0 bridgehead atoms. The third-order valence-electron chi connectivity index (χ3n) is 2.39. The molecule has 7 heteroatoms. The number of likely N-dealkylation sites (N-methyl/N-ethyl adjacent to an activating group) is 1. The molecule has 0 aromatic heterocycles. The summed E-state index contributed by atoms with van der Waals surface area (Å²) in [7, 11) is 1.85. The summed E-state index contributed by atoms with van der Waals surface area (Å²) < 4.78 is 10.5. The molecule has 0 aliphatic rings. The van der Waals surface area contributed by atoms with Crippen LogP contribution in [0.25, 0.3) is 0 Å². The summed E-state index contributed by atoms with van der Waals surface area (Å²) >= 11 is 0. The van der Waals surface area contributed by atoms with Gasteiger partial charge in [0.25, 0.3) is 0 Å². The van der Waals surface area contributed by atoms with Gasteiger partial charge < -0.3 is 25.4 Å². The van der Waals surface area contributed by atoms with Crippen LogP contribution < -0.4 is 16.0 Å². The third kappa shape index (κ3) is 13.3. The Morgan fingerprint density at radius 3 is 1.95 bits per heavy atom. The minimum absolute atomic E-state index is 0.0183. The van der Waals surface area contributed by atoms with Gasteiger partial charge in [-0.1, -0.05) is 0 Å². The molecule has 118 valence electrons. The first kappa shape index (κ1) is 18.8. The number of ether oxygens (including phenoxy) is 2. The molecule has 0 rings (SSSR count). The van der Waals surface area contributed by atoms with E-state index in [-0.39, 0.29) is 11.8 Å². The highest BCUT2D eigenvalue weighted by Gasteiger charge is 2.01. The molecule has 0 saturated carbocycles. The molecular weight excluding hydrogens is 262 g/mol. The van der Waals surface area contributed by atoms with Crippen molar-refractivity contribution in [1.29, 1.82) is 0 Å². The molecule has 0 saturated heterocycles. The molecule has 0 atom stereocenters. The van der Waals surface area contributed by atoms with Crippen LogP contribution >= 0.6 is 0 Å². The van der Waals surface area contributed by atoms with Crippen molar-refractivity contribution in [3.63, 3.8) is 0 Å². The second-order valence-corrected chi connectivity index (χ2v) is 4.13. The Hall–Kier alpha value is -1.18. The van der Waals surface area contributed by atoms with Crippen LogP contribution in [0.3, 0.4) is 0 Å². The first-order valence-electron chi connectivity index (χ1n) is 7.04. The lowest BCUT2D eigenvalue weighted by Gasteiger charge is -2.07. The van der Waals surface area contributed by atoms with Crippen LogP contribution in [0, 0.1) is 0 Å². The van der Waals surface area contributed by atoms with Crippen LogP contribution in [0.15, 0.2) is 0 Å². The summed E-state index contributed by atoms with van der Waals surface area (Å²) in [6.45, 7) is 5.53. The number of carbonyl (C=O) groups is 2. The molecule has 0 spiro atoms. The second kappa shape index (κ2) is 14.2. The summed E-state index contributed by atoms with van der Waals surface area (Å²) in [5, 5.41) is 8.37. The lowest BCUT2D eigenvalue weighted by molar-refractivity contribution is -0.123. The quantitative estimate of drug-likeness (QED) is 0.389. The van der Waals surface area contributed by atoms with Gasteiger partial charge in [-0.25, -0.2) is 0 Å². The summed E-state index contributed by atoms with van der Waals surface area (Å²) in [6.07, 6.45) is 0.698. The van der Waals surface area contributed by atoms with Crippen molar-refractivity contribution in [2.75, 3.05) is 53.1 Å². The number of carbonyl (C=O) groups excluding carboxylic acids is 2. The van der Waals surface area contributed by atoms with E-state index < -0.39 is 0 Å². The topological polar surface area (TPSA) is 88.7 Å². The number of amides is 2. The van der Waals surface area contributed by atoms with Gasteiger partial charge in [-0.05, 0) is 14.0 Å². The normalized spacial score (nSPS) is 10.3. The van der Waals surface area contributed by atoms with Crippen LogP contribution in [0.5, 0.6) is 0 Å². The molecular formula is C13H27N3O4. The van der Waals surface area contributed by atoms with Crippen LogP contribution in [0.2, 0.25) is 0 Å². The third-order valence-corrected chi connectivity index (χ3v) is 2.39. The number of hydrogen-bond acceptors (Lipinski definition) is 5. The second-order valence-electron chi connectivity index (χ2n) is 4.13. The minimum atomic E-state index is -0.0539. The zero-order chi connectivity index (χ0) is 15.1. The van der Waals surface area contributed by atoms with E-state index in [1.54, 1.807) is 0 Å². The van der Waals surface area contributed by atoms with Crippen molar-refractivity contribution < 1.29 is 19.1 Å². The van der Waals surface area contributed by atoms with E-state index in [4.69, 9.17) is 9.47 Å². The van der Waals surface area contributed by atoms with Crippen molar-refractivity contribution in [3.8, 4) is 0 Å². The van der Waals surface area contributed by atoms with E-state index in [9.17, 15) is 9.59 Å². The fraction of sp³-hybridized carbons (Fsp3) is 0.846. The molecule has 0 aromatic rings. The Morgan fingerprint density at radius 2 is 1.40 bits per heavy atom. The van der Waals surface area contributed by atoms with Gasteiger partial charge in [0, 0.05) is 32.5 Å². The zero-order valence-electron chi connectivity index (χ0n) is 12.5. The fourth-order valence-electron chi connectivity index (χ4n) is 1.34. The van der Waals surface area contributed by atoms with E-state index in [2.05, 4.69) is 16.0 Å². The minimum Gasteiger partial charge on any atom is -0.380 e. The lowest BCUT2D eigenvalue weighted by atomic mass is 10.4. The zero-order valence-corrected chi connectivity index (χ0v) is 12.5. The van der Waals surface area contributed by atoms with Crippen molar-refractivity contribution in [3.05, 3.63) is 0 Å². The summed E-state index contributed by atoms with van der Waals surface area (Å²) in [4.78, 5) is 22.5. The van der Waals surface area contributed by atoms with E-state index in [1.165, 1.54) is 0 Å². The Kier molecular flexibility index (Phi) is 13.4. The maximum Gasteiger partial charge on any atom is 0.222 e. The van der Waals surface area contributed by atoms with Gasteiger partial charge in [0.15, 0.2) is 0 Å². The van der Waals surface area contributed by atoms with E-state index in [0.717, 1.165) is 6.54 Å². The molecule has 20 heavy (non-hydrogen) atoms. The average molecular weight is 289 g/mol. The monoisotopic (exact) mass is 289 g/mol. The van der Waals surface area contributed by atoms with Gasteiger partial charge >= 0.3 is 0 Å². The summed E-state index contributed by atoms with van der Waals surface area (Å²) in [5.41, 5.74) is 0. The SMILES string of the molecule is CCNC(=O)CCOCCNC(=O)CCOCCNC. The molecule has 2 amide bonds. The average Bonchev–Trinajstić information content (AvgIpc) is 2.42. The van der Waals surface area contributed by atoms with E-state index in [1.807, 2.05) is 14.0 Å². The molecule has 0 aromatic carbocycles. The van der Waals surface area contributed by atoms with Crippen molar-refractivity contribution in [2.24, 2.45) is 0 Å². The highest BCUT2D eigenvalue weighted by Crippen LogP contribution is 1.85. The van der Waals surface area contributed by atoms with Crippen LogP contribution in [-0.4, -0.2) is 64.9 Å². The maximum absolute atomic E-state index is 11.4. The van der Waals surface area contributed by atoms with Crippen molar-refractivity contribution >= 4 is 11.8 Å². The molecule has 0 fully saturated rings. The number of hydrogen-bond donors (Lipinski definition) is 3. The molecule has 0 aliphatic carbocycles. The molecule has 3 N–H and O–H groups in total. The number of rotatable bonds is 13. The Morgan fingerprint density at radius 1 is 0.850 bits per heavy atom. The predicted molar refractivity (Wildman–Crippen MR) is 76.5 cm³/mol. The maximum atomic E-state index is 11.4. The highest BCUT2D eigenvalue weighted by atomic mass is 16.5. The van der Waals surface area contributed by atoms with E-state index in [0.29, 0.717) is 52.4 Å². The predicted octanol–water partition coefficient (Wildman–Crippen LogP) is -0.728. The Labute approximate surface area is 120 Å². The van der Waals surface area contributed by atoms with Crippen molar-refractivity contribution in [2.45, 2.75) is 19.8 Å². The van der Waals surface area contributed by atoms with E-state index >= 15 is 0 Å². The molecule has 0 radical (unpaired) electrons. The van der Waals surface area contributed by atoms with Gasteiger partial charge in [-0.3, -0.25) is 9.59 Å². The first-order chi connectivity index (χ1) is 9.70. The van der Waals surface area contributed by atoms with Gasteiger partial charge in [-0.2, -0.15) is 0 Å². The van der Waals surface area contributed by atoms with Gasteiger partial charge in [-0.15, -0.1) is 0 Å². The van der Waals surface area contributed by atoms with Gasteiger partial charge in [0.05, 0.1) is 26.4 Å². The fourth-order valence-corrected chi connectivity index (χ4v) is 1.34. The molecule has 0 unspecified atom stereocenters. The Balaban J connectivity index is 3.25. The van der Waals surface area contributed by atoms with Crippen LogP contribution in [0.1, 0.15) is 19.8 Å². The lowest BCUT2D eigenvalue weighted by Crippen LogP contribution is -2.29. The highest BCUT2D eigenvalue weighted by molar-refractivity contribution is 5.76. The first-order valence-corrected chi connectivity index (χ1v) is 7.04. The molecule has 7 nitrogen and oxygen atoms in total. The van der Waals surface area contributed by atoms with Crippen molar-refractivity contribution in [1.82, 2.24) is 16.0 Å². The smallest absolute Gasteiger partial charge is 0.222 e. The molecule has 0 heterocycles. The summed E-state index contributed by atoms with van der Waals surface area (Å²) in [5.74, 6) is -0.0722. The van der Waals surface area contributed by atoms with Gasteiger partial charge in [0.2, 0.25) is 11.8 Å². The number of nitrogens with one attached hydrogen (secondary N) is 3. The van der Waals surface area contributed by atoms with Crippen LogP contribution in [0.4, 0.5) is 0 Å². The summed E-state index contributed by atoms with van der Waals surface area (Å²) in [6, 6.07) is 0. The Bertz CT molecular complexity index is 262. The van der Waals surface area contributed by atoms with Gasteiger partial charge in [0.1, 0.15) is 0 Å².